The van der Waals surface area contributed by atoms with Gasteiger partial charge in [0.15, 0.2) is 5.82 Å². The SMILES string of the molecule is CC(C)c1noc(C2CC(=O)N3C[C@H](O[C@H](C)c4cc(CF)cc(C(F)(F)F)c4)C(c4ccc(F)cc4)C3C2)n1. The van der Waals surface area contributed by atoms with Crippen LogP contribution in [0.15, 0.2) is 47.0 Å². The molecule has 3 heterocycles. The third-order valence-electron chi connectivity index (χ3n) is 7.78. The first-order valence-electron chi connectivity index (χ1n) is 13.3. The van der Waals surface area contributed by atoms with Crippen molar-refractivity contribution in [3.05, 3.63) is 82.3 Å². The Balaban J connectivity index is 1.46. The summed E-state index contributed by atoms with van der Waals surface area (Å²) < 4.78 is 79.5. The molecule has 1 aromatic heterocycles. The lowest BCUT2D eigenvalue weighted by Gasteiger charge is -2.35. The van der Waals surface area contributed by atoms with Gasteiger partial charge in [0.25, 0.3) is 0 Å². The van der Waals surface area contributed by atoms with Crippen molar-refractivity contribution in [2.24, 2.45) is 0 Å². The number of nitrogens with zero attached hydrogens (tertiary/aromatic N) is 3. The molecule has 3 unspecified atom stereocenters. The van der Waals surface area contributed by atoms with Crippen molar-refractivity contribution in [1.82, 2.24) is 15.0 Å². The third-order valence-corrected chi connectivity index (χ3v) is 7.78. The zero-order valence-electron chi connectivity index (χ0n) is 22.3. The molecule has 5 rings (SSSR count). The quantitative estimate of drug-likeness (QED) is 0.295. The molecule has 0 spiro atoms. The van der Waals surface area contributed by atoms with Crippen molar-refractivity contribution in [1.29, 1.82) is 0 Å². The molecule has 2 aromatic carbocycles. The Morgan fingerprint density at radius 2 is 1.85 bits per heavy atom. The Kier molecular flexibility index (Phi) is 7.69. The fraction of sp³-hybridized carbons (Fsp3) is 0.483. The van der Waals surface area contributed by atoms with Gasteiger partial charge in [-0.3, -0.25) is 4.79 Å². The minimum Gasteiger partial charge on any atom is -0.368 e. The third kappa shape index (κ3) is 5.61. The Hall–Kier alpha value is -3.34. The average molecular weight is 564 g/mol. The van der Waals surface area contributed by atoms with E-state index in [-0.39, 0.29) is 47.9 Å². The maximum atomic E-state index is 13.8. The van der Waals surface area contributed by atoms with E-state index >= 15 is 0 Å². The molecule has 2 fully saturated rings. The predicted molar refractivity (Wildman–Crippen MR) is 135 cm³/mol. The van der Waals surface area contributed by atoms with Crippen LogP contribution in [0.5, 0.6) is 0 Å². The Morgan fingerprint density at radius 3 is 2.48 bits per heavy atom. The molecular formula is C29H30F5N3O3. The summed E-state index contributed by atoms with van der Waals surface area (Å²) in [5, 5.41) is 4.03. The van der Waals surface area contributed by atoms with E-state index in [4.69, 9.17) is 9.26 Å². The number of halogens is 5. The number of alkyl halides is 4. The van der Waals surface area contributed by atoms with Gasteiger partial charge in [0.2, 0.25) is 11.8 Å². The lowest BCUT2D eigenvalue weighted by atomic mass is 9.81. The molecule has 0 N–H and O–H groups in total. The van der Waals surface area contributed by atoms with Crippen LogP contribution in [0.2, 0.25) is 0 Å². The monoisotopic (exact) mass is 563 g/mol. The van der Waals surface area contributed by atoms with Crippen molar-refractivity contribution >= 4 is 5.91 Å². The summed E-state index contributed by atoms with van der Waals surface area (Å²) >= 11 is 0. The Labute approximate surface area is 228 Å². The van der Waals surface area contributed by atoms with Crippen LogP contribution in [-0.2, 0) is 22.4 Å². The largest absolute Gasteiger partial charge is 0.416 e. The number of carbonyl (C=O) groups excluding carboxylic acids is 1. The van der Waals surface area contributed by atoms with Gasteiger partial charge in [-0.05, 0) is 54.3 Å². The zero-order chi connectivity index (χ0) is 28.8. The number of aromatic nitrogens is 2. The predicted octanol–water partition coefficient (Wildman–Crippen LogP) is 6.84. The molecule has 6 nitrogen and oxygen atoms in total. The van der Waals surface area contributed by atoms with Crippen molar-refractivity contribution in [3.8, 4) is 0 Å². The zero-order valence-corrected chi connectivity index (χ0v) is 22.3. The van der Waals surface area contributed by atoms with Crippen LogP contribution in [0.4, 0.5) is 22.0 Å². The molecule has 0 aliphatic carbocycles. The summed E-state index contributed by atoms with van der Waals surface area (Å²) in [6.45, 7) is 4.64. The number of ether oxygens (including phenoxy) is 1. The summed E-state index contributed by atoms with van der Waals surface area (Å²) in [4.78, 5) is 19.5. The minimum absolute atomic E-state index is 0.0553. The van der Waals surface area contributed by atoms with Gasteiger partial charge in [-0.1, -0.05) is 37.2 Å². The number of carbonyl (C=O) groups is 1. The Morgan fingerprint density at radius 1 is 1.12 bits per heavy atom. The van der Waals surface area contributed by atoms with E-state index in [9.17, 15) is 26.7 Å². The van der Waals surface area contributed by atoms with Crippen LogP contribution >= 0.6 is 0 Å². The van der Waals surface area contributed by atoms with Gasteiger partial charge in [0, 0.05) is 36.8 Å². The molecule has 40 heavy (non-hydrogen) atoms. The van der Waals surface area contributed by atoms with Crippen molar-refractivity contribution < 1.29 is 36.0 Å². The number of piperidine rings is 1. The van der Waals surface area contributed by atoms with E-state index in [1.165, 1.54) is 18.2 Å². The van der Waals surface area contributed by atoms with Crippen molar-refractivity contribution in [3.63, 3.8) is 0 Å². The molecule has 2 saturated heterocycles. The van der Waals surface area contributed by atoms with Gasteiger partial charge in [-0.2, -0.15) is 18.2 Å². The number of hydrogen-bond donors (Lipinski definition) is 0. The molecule has 1 amide bonds. The first-order chi connectivity index (χ1) is 18.9. The maximum Gasteiger partial charge on any atom is 0.416 e. The highest BCUT2D eigenvalue weighted by Crippen LogP contribution is 2.46. The topological polar surface area (TPSA) is 68.5 Å². The van der Waals surface area contributed by atoms with Crippen LogP contribution in [0.3, 0.4) is 0 Å². The molecule has 3 aromatic rings. The smallest absolute Gasteiger partial charge is 0.368 e. The van der Waals surface area contributed by atoms with Crippen LogP contribution in [0, 0.1) is 5.82 Å². The normalized spacial score (nSPS) is 24.0. The van der Waals surface area contributed by atoms with E-state index in [0.717, 1.165) is 17.7 Å². The summed E-state index contributed by atoms with van der Waals surface area (Å²) in [6.07, 6.45) is -5.42. The summed E-state index contributed by atoms with van der Waals surface area (Å²) in [7, 11) is 0. The number of benzene rings is 2. The highest BCUT2D eigenvalue weighted by Gasteiger charge is 2.50. The molecule has 2 aliphatic heterocycles. The van der Waals surface area contributed by atoms with Crippen LogP contribution in [0.1, 0.15) is 91.4 Å². The van der Waals surface area contributed by atoms with Crippen molar-refractivity contribution in [2.75, 3.05) is 6.54 Å². The van der Waals surface area contributed by atoms with Crippen LogP contribution in [0.25, 0.3) is 0 Å². The summed E-state index contributed by atoms with van der Waals surface area (Å²) in [5.41, 5.74) is -0.133. The molecule has 2 aliphatic rings. The maximum absolute atomic E-state index is 13.8. The molecular weight excluding hydrogens is 533 g/mol. The second-order valence-corrected chi connectivity index (χ2v) is 10.9. The minimum atomic E-state index is -4.64. The first-order valence-corrected chi connectivity index (χ1v) is 13.3. The average Bonchev–Trinajstić information content (AvgIpc) is 3.54. The van der Waals surface area contributed by atoms with Crippen LogP contribution in [-0.4, -0.2) is 39.6 Å². The number of rotatable bonds is 7. The highest BCUT2D eigenvalue weighted by molar-refractivity contribution is 5.79. The van der Waals surface area contributed by atoms with Gasteiger partial charge in [0.05, 0.1) is 17.8 Å². The molecule has 11 heteroatoms. The van der Waals surface area contributed by atoms with E-state index in [0.29, 0.717) is 18.1 Å². The highest BCUT2D eigenvalue weighted by atomic mass is 19.4. The second-order valence-electron chi connectivity index (χ2n) is 10.9. The number of amides is 1. The standard InChI is InChI=1S/C29H30F5N3O3/c1-15(2)27-35-28(40-36-27)20-11-23-26(18-4-6-22(31)7-5-18)24(14-37(23)25(38)12-20)39-16(3)19-8-17(13-30)9-21(10-19)29(32,33)34/h4-10,15-16,20,23-24,26H,11-14H2,1-3H3/t16-,20?,23?,24+,26?/m1/s1. The van der Waals surface area contributed by atoms with E-state index < -0.39 is 42.4 Å². The lowest BCUT2D eigenvalue weighted by Crippen LogP contribution is -2.43. The van der Waals surface area contributed by atoms with Gasteiger partial charge in [-0.15, -0.1) is 0 Å². The molecule has 214 valence electrons. The molecule has 0 saturated carbocycles. The fourth-order valence-corrected chi connectivity index (χ4v) is 5.77. The van der Waals surface area contributed by atoms with Crippen LogP contribution < -0.4 is 0 Å². The van der Waals surface area contributed by atoms with Gasteiger partial charge in [-0.25, -0.2) is 8.78 Å². The summed E-state index contributed by atoms with van der Waals surface area (Å²) in [6, 6.07) is 8.68. The second kappa shape index (κ2) is 10.9. The van der Waals surface area contributed by atoms with Gasteiger partial charge < -0.3 is 14.2 Å². The summed E-state index contributed by atoms with van der Waals surface area (Å²) in [5.74, 6) is -0.269. The number of hydrogen-bond acceptors (Lipinski definition) is 5. The van der Waals surface area contributed by atoms with Gasteiger partial charge >= 0.3 is 6.18 Å². The molecule has 0 radical (unpaired) electrons. The molecule has 5 atom stereocenters. The Bertz CT molecular complexity index is 1360. The lowest BCUT2D eigenvalue weighted by molar-refractivity contribution is -0.138. The first kappa shape index (κ1) is 28.2. The molecule has 0 bridgehead atoms. The number of fused-ring (bicyclic) bond motifs is 1. The van der Waals surface area contributed by atoms with E-state index in [2.05, 4.69) is 10.1 Å². The van der Waals surface area contributed by atoms with E-state index in [1.807, 2.05) is 13.8 Å². The van der Waals surface area contributed by atoms with Crippen molar-refractivity contribution in [2.45, 2.75) is 82.5 Å². The fourth-order valence-electron chi connectivity index (χ4n) is 5.77. The van der Waals surface area contributed by atoms with Gasteiger partial charge in [0.1, 0.15) is 12.5 Å². The van der Waals surface area contributed by atoms with E-state index in [1.54, 1.807) is 24.0 Å².